The molecule has 1 aromatic carbocycles. The summed E-state index contributed by atoms with van der Waals surface area (Å²) in [5.74, 6) is -0.551. The van der Waals surface area contributed by atoms with Gasteiger partial charge in [-0.05, 0) is 29.8 Å². The van der Waals surface area contributed by atoms with Gasteiger partial charge in [0.1, 0.15) is 5.92 Å². The number of nitriles is 1. The Bertz CT molecular complexity index is 605. The van der Waals surface area contributed by atoms with Crippen LogP contribution in [0.4, 0.5) is 0 Å². The van der Waals surface area contributed by atoms with Crippen LogP contribution in [0, 0.1) is 11.3 Å². The third-order valence-electron chi connectivity index (χ3n) is 2.35. The summed E-state index contributed by atoms with van der Waals surface area (Å²) in [5, 5.41) is 18.0. The summed E-state index contributed by atoms with van der Waals surface area (Å²) >= 11 is 17.4. The molecule has 0 amide bonds. The minimum absolute atomic E-state index is 0.282. The molecule has 0 unspecified atom stereocenters. The van der Waals surface area contributed by atoms with Crippen LogP contribution in [0.15, 0.2) is 30.3 Å². The van der Waals surface area contributed by atoms with Gasteiger partial charge in [0, 0.05) is 0 Å². The van der Waals surface area contributed by atoms with Gasteiger partial charge in [0.15, 0.2) is 5.15 Å². The van der Waals surface area contributed by atoms with Crippen molar-refractivity contribution < 1.29 is 0 Å². The smallest absolute Gasteiger partial charge is 0.151 e. The minimum Gasteiger partial charge on any atom is -0.197 e. The van der Waals surface area contributed by atoms with E-state index in [2.05, 4.69) is 16.3 Å². The zero-order chi connectivity index (χ0) is 13.1. The van der Waals surface area contributed by atoms with Crippen molar-refractivity contribution in [3.05, 3.63) is 56.8 Å². The van der Waals surface area contributed by atoms with Gasteiger partial charge in [0.05, 0.1) is 21.8 Å². The molecule has 2 rings (SSSR count). The average molecular weight is 299 g/mol. The number of rotatable bonds is 2. The Morgan fingerprint density at radius 2 is 1.78 bits per heavy atom. The summed E-state index contributed by atoms with van der Waals surface area (Å²) in [5.41, 5.74) is 1.23. The first-order chi connectivity index (χ1) is 8.61. The lowest BCUT2D eigenvalue weighted by atomic mass is 9.97. The Balaban J connectivity index is 2.42. The summed E-state index contributed by atoms with van der Waals surface area (Å²) in [6.07, 6.45) is 0. The van der Waals surface area contributed by atoms with Crippen LogP contribution in [-0.4, -0.2) is 10.2 Å². The molecule has 6 heteroatoms. The van der Waals surface area contributed by atoms with Crippen LogP contribution < -0.4 is 0 Å². The van der Waals surface area contributed by atoms with Crippen molar-refractivity contribution in [1.29, 1.82) is 5.26 Å². The molecule has 0 N–H and O–H groups in total. The van der Waals surface area contributed by atoms with Crippen molar-refractivity contribution in [2.24, 2.45) is 0 Å². The van der Waals surface area contributed by atoms with Crippen LogP contribution in [0.25, 0.3) is 0 Å². The maximum absolute atomic E-state index is 9.24. The zero-order valence-electron chi connectivity index (χ0n) is 8.94. The van der Waals surface area contributed by atoms with Gasteiger partial charge in [-0.15, -0.1) is 5.10 Å². The molecule has 0 aliphatic carbocycles. The maximum atomic E-state index is 9.24. The Labute approximate surface area is 119 Å². The topological polar surface area (TPSA) is 49.6 Å². The number of hydrogen-bond acceptors (Lipinski definition) is 3. The largest absolute Gasteiger partial charge is 0.197 e. The standard InChI is InChI=1S/C12H6Cl3N3/c13-9-2-1-7(5-10(9)14)8(6-16)11-3-4-12(15)18-17-11/h1-5,8H/t8-/m1/s1. The molecule has 0 aliphatic rings. The fraction of sp³-hybridized carbons (Fsp3) is 0.0833. The Morgan fingerprint density at radius 3 is 2.33 bits per heavy atom. The molecule has 0 bridgehead atoms. The van der Waals surface area contributed by atoms with Crippen molar-refractivity contribution in [2.45, 2.75) is 5.92 Å². The molecule has 0 spiro atoms. The molecule has 3 nitrogen and oxygen atoms in total. The fourth-order valence-electron chi connectivity index (χ4n) is 1.48. The van der Waals surface area contributed by atoms with E-state index in [0.29, 0.717) is 21.3 Å². The molecule has 0 saturated heterocycles. The summed E-state index contributed by atoms with van der Waals surface area (Å²) in [7, 11) is 0. The molecule has 0 aliphatic heterocycles. The average Bonchev–Trinajstić information content (AvgIpc) is 2.37. The van der Waals surface area contributed by atoms with Crippen molar-refractivity contribution in [3.63, 3.8) is 0 Å². The second-order valence-electron chi connectivity index (χ2n) is 3.52. The molecule has 18 heavy (non-hydrogen) atoms. The Morgan fingerprint density at radius 1 is 1.00 bits per heavy atom. The van der Waals surface area contributed by atoms with Crippen LogP contribution in [0.1, 0.15) is 17.2 Å². The summed E-state index contributed by atoms with van der Waals surface area (Å²) < 4.78 is 0. The lowest BCUT2D eigenvalue weighted by Crippen LogP contribution is -2.02. The van der Waals surface area contributed by atoms with Gasteiger partial charge in [-0.25, -0.2) is 0 Å². The summed E-state index contributed by atoms with van der Waals surface area (Å²) in [6, 6.07) is 10.4. The van der Waals surface area contributed by atoms with Crippen molar-refractivity contribution >= 4 is 34.8 Å². The van der Waals surface area contributed by atoms with Crippen LogP contribution in [-0.2, 0) is 0 Å². The highest BCUT2D eigenvalue weighted by atomic mass is 35.5. The second kappa shape index (κ2) is 5.53. The highest BCUT2D eigenvalue weighted by Gasteiger charge is 2.16. The predicted molar refractivity (Wildman–Crippen MR) is 71.0 cm³/mol. The highest BCUT2D eigenvalue weighted by molar-refractivity contribution is 6.42. The van der Waals surface area contributed by atoms with Crippen LogP contribution in [0.2, 0.25) is 15.2 Å². The molecule has 2 aromatic rings. The van der Waals surface area contributed by atoms with Crippen molar-refractivity contribution in [1.82, 2.24) is 10.2 Å². The molecular formula is C12H6Cl3N3. The Hall–Kier alpha value is -1.34. The maximum Gasteiger partial charge on any atom is 0.151 e. The monoisotopic (exact) mass is 297 g/mol. The van der Waals surface area contributed by atoms with E-state index in [1.165, 1.54) is 0 Å². The lowest BCUT2D eigenvalue weighted by molar-refractivity contribution is 0.885. The molecule has 90 valence electrons. The fourth-order valence-corrected chi connectivity index (χ4v) is 1.89. The SMILES string of the molecule is N#C[C@H](c1ccc(Cl)c(Cl)c1)c1ccc(Cl)nn1. The van der Waals surface area contributed by atoms with Gasteiger partial charge in [-0.1, -0.05) is 40.9 Å². The van der Waals surface area contributed by atoms with E-state index in [4.69, 9.17) is 34.8 Å². The van der Waals surface area contributed by atoms with Gasteiger partial charge in [0.2, 0.25) is 0 Å². The molecule has 0 saturated carbocycles. The van der Waals surface area contributed by atoms with E-state index in [1.54, 1.807) is 30.3 Å². The third kappa shape index (κ3) is 2.73. The van der Waals surface area contributed by atoms with Crippen LogP contribution in [0.5, 0.6) is 0 Å². The molecule has 1 atom stereocenters. The second-order valence-corrected chi connectivity index (χ2v) is 4.72. The van der Waals surface area contributed by atoms with Gasteiger partial charge >= 0.3 is 0 Å². The van der Waals surface area contributed by atoms with E-state index in [-0.39, 0.29) is 5.15 Å². The van der Waals surface area contributed by atoms with Gasteiger partial charge in [-0.3, -0.25) is 0 Å². The van der Waals surface area contributed by atoms with Crippen LogP contribution >= 0.6 is 34.8 Å². The van der Waals surface area contributed by atoms with Gasteiger partial charge < -0.3 is 0 Å². The summed E-state index contributed by atoms with van der Waals surface area (Å²) in [6.45, 7) is 0. The summed E-state index contributed by atoms with van der Waals surface area (Å²) in [4.78, 5) is 0. The molecule has 1 heterocycles. The first kappa shape index (κ1) is 13.1. The molecular weight excluding hydrogens is 293 g/mol. The number of aromatic nitrogens is 2. The van der Waals surface area contributed by atoms with E-state index in [0.717, 1.165) is 0 Å². The molecule has 0 radical (unpaired) electrons. The zero-order valence-corrected chi connectivity index (χ0v) is 11.2. The highest BCUT2D eigenvalue weighted by Crippen LogP contribution is 2.29. The van der Waals surface area contributed by atoms with E-state index < -0.39 is 5.92 Å². The normalized spacial score (nSPS) is 11.9. The lowest BCUT2D eigenvalue weighted by Gasteiger charge is -2.09. The number of halogens is 3. The van der Waals surface area contributed by atoms with E-state index in [9.17, 15) is 5.26 Å². The van der Waals surface area contributed by atoms with Crippen molar-refractivity contribution in [2.75, 3.05) is 0 Å². The Kier molecular flexibility index (Phi) is 4.03. The predicted octanol–water partition coefficient (Wildman–Crippen LogP) is 4.09. The van der Waals surface area contributed by atoms with E-state index >= 15 is 0 Å². The first-order valence-corrected chi connectivity index (χ1v) is 6.09. The number of nitrogens with zero attached hydrogens (tertiary/aromatic N) is 3. The molecule has 0 fully saturated rings. The number of hydrogen-bond donors (Lipinski definition) is 0. The van der Waals surface area contributed by atoms with E-state index in [1.807, 2.05) is 0 Å². The quantitative estimate of drug-likeness (QED) is 0.839. The minimum atomic E-state index is -0.551. The third-order valence-corrected chi connectivity index (χ3v) is 3.30. The first-order valence-electron chi connectivity index (χ1n) is 4.95. The van der Waals surface area contributed by atoms with Crippen molar-refractivity contribution in [3.8, 4) is 6.07 Å². The van der Waals surface area contributed by atoms with Gasteiger partial charge in [-0.2, -0.15) is 10.4 Å². The van der Waals surface area contributed by atoms with Crippen LogP contribution in [0.3, 0.4) is 0 Å². The van der Waals surface area contributed by atoms with Gasteiger partial charge in [0.25, 0.3) is 0 Å². The number of benzene rings is 1. The molecule has 1 aromatic heterocycles.